The highest BCUT2D eigenvalue weighted by molar-refractivity contribution is 9.10. The van der Waals surface area contributed by atoms with Crippen molar-refractivity contribution in [3.05, 3.63) is 52.5 Å². The SMILES string of the molecule is CCN(C(=O)c1cc(Br)cn1C(C)C)c1cccc(F)c1. The van der Waals surface area contributed by atoms with Crippen molar-refractivity contribution in [3.8, 4) is 0 Å². The maximum atomic E-state index is 13.4. The molecule has 0 aliphatic carbocycles. The highest BCUT2D eigenvalue weighted by Gasteiger charge is 2.21. The number of carbonyl (C=O) groups is 1. The van der Waals surface area contributed by atoms with Crippen molar-refractivity contribution in [1.29, 1.82) is 0 Å². The van der Waals surface area contributed by atoms with Gasteiger partial charge in [0.2, 0.25) is 0 Å². The Morgan fingerprint density at radius 2 is 2.10 bits per heavy atom. The number of carbonyl (C=O) groups excluding carboxylic acids is 1. The first-order chi connectivity index (χ1) is 9.93. The molecule has 2 aromatic rings. The van der Waals surface area contributed by atoms with E-state index in [4.69, 9.17) is 0 Å². The summed E-state index contributed by atoms with van der Waals surface area (Å²) in [5, 5.41) is 0. The van der Waals surface area contributed by atoms with E-state index in [1.807, 2.05) is 31.5 Å². The van der Waals surface area contributed by atoms with Crippen molar-refractivity contribution in [2.75, 3.05) is 11.4 Å². The van der Waals surface area contributed by atoms with Crippen LogP contribution in [-0.2, 0) is 0 Å². The normalized spacial score (nSPS) is 11.0. The number of halogens is 2. The lowest BCUT2D eigenvalue weighted by Crippen LogP contribution is -2.32. The summed E-state index contributed by atoms with van der Waals surface area (Å²) in [6.07, 6.45) is 1.89. The molecular weight excluding hydrogens is 335 g/mol. The van der Waals surface area contributed by atoms with Gasteiger partial charge in [0.05, 0.1) is 0 Å². The van der Waals surface area contributed by atoms with Crippen LogP contribution in [0.15, 0.2) is 41.0 Å². The molecule has 1 aromatic carbocycles. The second-order valence-electron chi connectivity index (χ2n) is 5.07. The fraction of sp³-hybridized carbons (Fsp3) is 0.312. The van der Waals surface area contributed by atoms with Gasteiger partial charge in [0, 0.05) is 28.9 Å². The van der Waals surface area contributed by atoms with E-state index in [1.165, 1.54) is 12.1 Å². The molecule has 5 heteroatoms. The molecule has 1 aromatic heterocycles. The van der Waals surface area contributed by atoms with Gasteiger partial charge in [-0.3, -0.25) is 4.79 Å². The smallest absolute Gasteiger partial charge is 0.274 e. The highest BCUT2D eigenvalue weighted by Crippen LogP contribution is 2.23. The molecule has 3 nitrogen and oxygen atoms in total. The summed E-state index contributed by atoms with van der Waals surface area (Å²) in [4.78, 5) is 14.4. The quantitative estimate of drug-likeness (QED) is 0.786. The van der Waals surface area contributed by atoms with Crippen LogP contribution in [0.2, 0.25) is 0 Å². The van der Waals surface area contributed by atoms with Gasteiger partial charge < -0.3 is 9.47 Å². The van der Waals surface area contributed by atoms with E-state index < -0.39 is 0 Å². The third-order valence-electron chi connectivity index (χ3n) is 3.27. The minimum absolute atomic E-state index is 0.137. The number of rotatable bonds is 4. The van der Waals surface area contributed by atoms with E-state index in [0.717, 1.165) is 4.47 Å². The summed E-state index contributed by atoms with van der Waals surface area (Å²) in [7, 11) is 0. The minimum Gasteiger partial charge on any atom is -0.340 e. The molecule has 0 radical (unpaired) electrons. The molecule has 0 aliphatic heterocycles. The zero-order valence-corrected chi connectivity index (χ0v) is 13.9. The minimum atomic E-state index is -0.348. The Balaban J connectivity index is 2.41. The predicted octanol–water partition coefficient (Wildman–Crippen LogP) is 4.64. The van der Waals surface area contributed by atoms with E-state index in [0.29, 0.717) is 17.9 Å². The monoisotopic (exact) mass is 352 g/mol. The largest absolute Gasteiger partial charge is 0.340 e. The van der Waals surface area contributed by atoms with E-state index in [2.05, 4.69) is 15.9 Å². The van der Waals surface area contributed by atoms with E-state index in [-0.39, 0.29) is 17.8 Å². The summed E-state index contributed by atoms with van der Waals surface area (Å²) < 4.78 is 16.2. The summed E-state index contributed by atoms with van der Waals surface area (Å²) in [6.45, 7) is 6.38. The zero-order valence-electron chi connectivity index (χ0n) is 12.3. The van der Waals surface area contributed by atoms with Gasteiger partial charge in [0.15, 0.2) is 0 Å². The molecule has 0 fully saturated rings. The number of hydrogen-bond acceptors (Lipinski definition) is 1. The van der Waals surface area contributed by atoms with Gasteiger partial charge >= 0.3 is 0 Å². The van der Waals surface area contributed by atoms with Gasteiger partial charge in [0.1, 0.15) is 11.5 Å². The molecule has 1 heterocycles. The van der Waals surface area contributed by atoms with Crippen molar-refractivity contribution in [3.63, 3.8) is 0 Å². The van der Waals surface area contributed by atoms with E-state index >= 15 is 0 Å². The van der Waals surface area contributed by atoms with Crippen LogP contribution in [0.3, 0.4) is 0 Å². The molecule has 21 heavy (non-hydrogen) atoms. The Kier molecular flexibility index (Phi) is 4.83. The number of amides is 1. The number of hydrogen-bond donors (Lipinski definition) is 0. The van der Waals surface area contributed by atoms with Crippen molar-refractivity contribution in [2.45, 2.75) is 26.8 Å². The molecule has 0 atom stereocenters. The van der Waals surface area contributed by atoms with Crippen LogP contribution in [0.1, 0.15) is 37.3 Å². The Morgan fingerprint density at radius 3 is 2.67 bits per heavy atom. The average molecular weight is 353 g/mol. The number of nitrogens with zero attached hydrogens (tertiary/aromatic N) is 2. The van der Waals surface area contributed by atoms with Crippen LogP contribution in [0.25, 0.3) is 0 Å². The third kappa shape index (κ3) is 3.35. The first-order valence-corrected chi connectivity index (χ1v) is 7.68. The molecular formula is C16H18BrFN2O. The van der Waals surface area contributed by atoms with Crippen LogP contribution in [0.4, 0.5) is 10.1 Å². The molecule has 0 saturated carbocycles. The molecule has 0 unspecified atom stereocenters. The number of aromatic nitrogens is 1. The lowest BCUT2D eigenvalue weighted by molar-refractivity contribution is 0.0978. The zero-order chi connectivity index (χ0) is 15.6. The summed E-state index contributed by atoms with van der Waals surface area (Å²) in [5.74, 6) is -0.485. The maximum absolute atomic E-state index is 13.4. The average Bonchev–Trinajstić information content (AvgIpc) is 2.82. The van der Waals surface area contributed by atoms with Crippen LogP contribution < -0.4 is 4.90 Å². The van der Waals surface area contributed by atoms with Gasteiger partial charge in [-0.05, 0) is 61.0 Å². The van der Waals surface area contributed by atoms with E-state index in [1.54, 1.807) is 23.1 Å². The number of benzene rings is 1. The van der Waals surface area contributed by atoms with E-state index in [9.17, 15) is 9.18 Å². The lowest BCUT2D eigenvalue weighted by Gasteiger charge is -2.22. The number of anilines is 1. The molecule has 0 spiro atoms. The van der Waals surface area contributed by atoms with Crippen molar-refractivity contribution >= 4 is 27.5 Å². The molecule has 1 amide bonds. The lowest BCUT2D eigenvalue weighted by atomic mass is 10.2. The first-order valence-electron chi connectivity index (χ1n) is 6.88. The topological polar surface area (TPSA) is 25.2 Å². The Hall–Kier alpha value is -1.62. The van der Waals surface area contributed by atoms with Crippen LogP contribution >= 0.6 is 15.9 Å². The fourth-order valence-electron chi connectivity index (χ4n) is 2.27. The second kappa shape index (κ2) is 6.43. The fourth-order valence-corrected chi connectivity index (χ4v) is 2.71. The Morgan fingerprint density at radius 1 is 1.38 bits per heavy atom. The predicted molar refractivity (Wildman–Crippen MR) is 86.3 cm³/mol. The Labute approximate surface area is 132 Å². The van der Waals surface area contributed by atoms with Gasteiger partial charge in [0.25, 0.3) is 5.91 Å². The standard InChI is InChI=1S/C16H18BrFN2O/c1-4-19(14-7-5-6-13(18)9-14)16(21)15-8-12(17)10-20(15)11(2)3/h5-11H,4H2,1-3H3. The summed E-state index contributed by atoms with van der Waals surface area (Å²) in [6, 6.07) is 8.06. The molecule has 0 aliphatic rings. The van der Waals surface area contributed by atoms with Crippen LogP contribution in [-0.4, -0.2) is 17.0 Å². The third-order valence-corrected chi connectivity index (χ3v) is 3.71. The molecule has 0 bridgehead atoms. The van der Waals surface area contributed by atoms with Gasteiger partial charge in [-0.2, -0.15) is 0 Å². The summed E-state index contributed by atoms with van der Waals surface area (Å²) >= 11 is 3.41. The van der Waals surface area contributed by atoms with Crippen LogP contribution in [0.5, 0.6) is 0 Å². The van der Waals surface area contributed by atoms with Crippen molar-refractivity contribution in [2.24, 2.45) is 0 Å². The van der Waals surface area contributed by atoms with Gasteiger partial charge in [-0.1, -0.05) is 6.07 Å². The van der Waals surface area contributed by atoms with Crippen molar-refractivity contribution in [1.82, 2.24) is 4.57 Å². The van der Waals surface area contributed by atoms with Crippen LogP contribution in [0, 0.1) is 5.82 Å². The summed E-state index contributed by atoms with van der Waals surface area (Å²) in [5.41, 5.74) is 1.15. The second-order valence-corrected chi connectivity index (χ2v) is 5.99. The van der Waals surface area contributed by atoms with Gasteiger partial charge in [-0.25, -0.2) is 4.39 Å². The molecule has 0 saturated heterocycles. The Bertz CT molecular complexity index is 651. The molecule has 0 N–H and O–H groups in total. The first kappa shape index (κ1) is 15.8. The highest BCUT2D eigenvalue weighted by atomic mass is 79.9. The van der Waals surface area contributed by atoms with Crippen molar-refractivity contribution < 1.29 is 9.18 Å². The molecule has 112 valence electrons. The maximum Gasteiger partial charge on any atom is 0.274 e. The van der Waals surface area contributed by atoms with Gasteiger partial charge in [-0.15, -0.1) is 0 Å². The molecule has 2 rings (SSSR count).